The summed E-state index contributed by atoms with van der Waals surface area (Å²) in [5.74, 6) is -1.45. The third-order valence-electron chi connectivity index (χ3n) is 5.86. The molecule has 2 atom stereocenters. The first-order valence-corrected chi connectivity index (χ1v) is 12.1. The van der Waals surface area contributed by atoms with Gasteiger partial charge >= 0.3 is 6.18 Å². The second-order valence-corrected chi connectivity index (χ2v) is 10.5. The summed E-state index contributed by atoms with van der Waals surface area (Å²) in [6.07, 6.45) is -3.28. The summed E-state index contributed by atoms with van der Waals surface area (Å²) < 4.78 is 64.7. The van der Waals surface area contributed by atoms with Crippen molar-refractivity contribution in [3.05, 3.63) is 35.7 Å². The second kappa shape index (κ2) is 7.75. The largest absolute Gasteiger partial charge is 0.434 e. The number of anilines is 3. The van der Waals surface area contributed by atoms with Gasteiger partial charge in [-0.15, -0.1) is 0 Å². The van der Waals surface area contributed by atoms with Crippen molar-refractivity contribution in [3.63, 3.8) is 0 Å². The molecule has 2 aromatic rings. The maximum atomic E-state index is 13.6. The summed E-state index contributed by atoms with van der Waals surface area (Å²) in [4.78, 5) is 23.1. The van der Waals surface area contributed by atoms with Crippen LogP contribution < -0.4 is 20.9 Å². The fourth-order valence-electron chi connectivity index (χ4n) is 4.42. The maximum Gasteiger partial charge on any atom is 0.434 e. The summed E-state index contributed by atoms with van der Waals surface area (Å²) in [5.41, 5.74) is 4.38. The van der Waals surface area contributed by atoms with Crippen LogP contribution in [0.3, 0.4) is 0 Å². The normalized spacial score (nSPS) is 20.5. The number of alkyl halides is 3. The van der Waals surface area contributed by atoms with Crippen LogP contribution in [0.15, 0.2) is 29.3 Å². The number of aromatic nitrogens is 2. The summed E-state index contributed by atoms with van der Waals surface area (Å²) in [5, 5.41) is 3.36. The van der Waals surface area contributed by atoms with Crippen molar-refractivity contribution in [2.75, 3.05) is 34.5 Å². The molecule has 1 fully saturated rings. The topological polar surface area (TPSA) is 122 Å². The Hall–Kier alpha value is -3.09. The molecule has 1 amide bonds. The van der Waals surface area contributed by atoms with E-state index in [0.717, 1.165) is 18.1 Å². The Morgan fingerprint density at radius 2 is 1.91 bits per heavy atom. The van der Waals surface area contributed by atoms with Crippen LogP contribution in [0.25, 0.3) is 0 Å². The second-order valence-electron chi connectivity index (χ2n) is 8.46. The zero-order valence-electron chi connectivity index (χ0n) is 18.1. The number of primary amides is 1. The molecule has 3 N–H and O–H groups in total. The third kappa shape index (κ3) is 4.05. The summed E-state index contributed by atoms with van der Waals surface area (Å²) in [6.45, 7) is 4.53. The lowest BCUT2D eigenvalue weighted by atomic mass is 9.96. The lowest BCUT2D eigenvalue weighted by molar-refractivity contribution is -0.141. The molecule has 1 saturated heterocycles. The number of halogens is 3. The van der Waals surface area contributed by atoms with Crippen molar-refractivity contribution in [2.45, 2.75) is 37.1 Å². The van der Waals surface area contributed by atoms with Gasteiger partial charge in [0.15, 0.2) is 15.5 Å². The van der Waals surface area contributed by atoms with Gasteiger partial charge in [-0.1, -0.05) is 13.8 Å². The van der Waals surface area contributed by atoms with Crippen LogP contribution in [0.1, 0.15) is 29.9 Å². The van der Waals surface area contributed by atoms with Crippen LogP contribution in [0.5, 0.6) is 0 Å². The number of carbonyl (C=O) groups excluding carboxylic acids is 1. The van der Waals surface area contributed by atoms with Crippen LogP contribution in [-0.4, -0.2) is 55.8 Å². The maximum absolute atomic E-state index is 13.6. The first kappa shape index (κ1) is 23.1. The monoisotopic (exact) mass is 484 g/mol. The van der Waals surface area contributed by atoms with Gasteiger partial charge in [-0.2, -0.15) is 13.2 Å². The van der Waals surface area contributed by atoms with Crippen molar-refractivity contribution in [3.8, 4) is 0 Å². The SMILES string of the molecule is CC(C)C1C2Nc3ccc(S(C)(=O)=O)cc3N2CCN1c1ncc(C(N)=O)c(C(F)(F)F)n1. The fraction of sp³-hybridized carbons (Fsp3) is 0.450. The van der Waals surface area contributed by atoms with E-state index in [1.54, 1.807) is 17.0 Å². The van der Waals surface area contributed by atoms with E-state index < -0.39 is 33.2 Å². The number of piperazine rings is 1. The van der Waals surface area contributed by atoms with E-state index in [9.17, 15) is 26.4 Å². The Bertz CT molecular complexity index is 1220. The molecule has 33 heavy (non-hydrogen) atoms. The van der Waals surface area contributed by atoms with E-state index >= 15 is 0 Å². The van der Waals surface area contributed by atoms with Crippen LogP contribution in [-0.2, 0) is 16.0 Å². The number of fused-ring (bicyclic) bond motifs is 3. The van der Waals surface area contributed by atoms with E-state index in [1.165, 1.54) is 6.07 Å². The minimum Gasteiger partial charge on any atom is -0.365 e. The highest BCUT2D eigenvalue weighted by Gasteiger charge is 2.45. The Labute approximate surface area is 188 Å². The predicted molar refractivity (Wildman–Crippen MR) is 116 cm³/mol. The molecular formula is C20H23F3N6O3S. The number of rotatable bonds is 4. The number of nitrogens with zero attached hydrogens (tertiary/aromatic N) is 4. The van der Waals surface area contributed by atoms with Crippen molar-refractivity contribution >= 4 is 33.1 Å². The fourth-order valence-corrected chi connectivity index (χ4v) is 5.06. The molecule has 0 spiro atoms. The van der Waals surface area contributed by atoms with Gasteiger partial charge in [-0.05, 0) is 24.1 Å². The highest BCUT2D eigenvalue weighted by Crippen LogP contribution is 2.42. The minimum atomic E-state index is -4.87. The highest BCUT2D eigenvalue weighted by atomic mass is 32.2. The van der Waals surface area contributed by atoms with Crippen molar-refractivity contribution in [2.24, 2.45) is 11.7 Å². The van der Waals surface area contributed by atoms with E-state index in [-0.39, 0.29) is 35.5 Å². The van der Waals surface area contributed by atoms with Gasteiger partial charge in [-0.3, -0.25) is 4.79 Å². The first-order chi connectivity index (χ1) is 15.3. The van der Waals surface area contributed by atoms with E-state index in [2.05, 4.69) is 15.3 Å². The summed E-state index contributed by atoms with van der Waals surface area (Å²) in [6, 6.07) is 4.45. The first-order valence-electron chi connectivity index (χ1n) is 10.2. The number of hydrogen-bond acceptors (Lipinski definition) is 8. The van der Waals surface area contributed by atoms with Crippen LogP contribution in [0.4, 0.5) is 30.5 Å². The number of sulfone groups is 1. The molecule has 0 saturated carbocycles. The van der Waals surface area contributed by atoms with Crippen molar-refractivity contribution < 1.29 is 26.4 Å². The highest BCUT2D eigenvalue weighted by molar-refractivity contribution is 7.90. The Morgan fingerprint density at radius 3 is 2.48 bits per heavy atom. The Balaban J connectivity index is 1.73. The average molecular weight is 485 g/mol. The van der Waals surface area contributed by atoms with E-state index in [4.69, 9.17) is 5.73 Å². The number of amides is 1. The van der Waals surface area contributed by atoms with E-state index in [0.29, 0.717) is 12.2 Å². The quantitative estimate of drug-likeness (QED) is 0.677. The van der Waals surface area contributed by atoms with Gasteiger partial charge in [-0.25, -0.2) is 18.4 Å². The zero-order valence-corrected chi connectivity index (χ0v) is 18.9. The molecule has 2 aliphatic heterocycles. The molecular weight excluding hydrogens is 461 g/mol. The van der Waals surface area contributed by atoms with Gasteiger partial charge in [0.05, 0.1) is 27.9 Å². The number of carbonyl (C=O) groups is 1. The molecule has 2 unspecified atom stereocenters. The number of nitrogens with one attached hydrogen (secondary N) is 1. The van der Waals surface area contributed by atoms with Crippen LogP contribution >= 0.6 is 0 Å². The molecule has 0 radical (unpaired) electrons. The van der Waals surface area contributed by atoms with Gasteiger partial charge in [0.1, 0.15) is 6.17 Å². The number of nitrogens with two attached hydrogens (primary N) is 1. The molecule has 2 aliphatic rings. The van der Waals surface area contributed by atoms with Crippen LogP contribution in [0.2, 0.25) is 0 Å². The molecule has 1 aromatic heterocycles. The van der Waals surface area contributed by atoms with Gasteiger partial charge < -0.3 is 20.9 Å². The lowest BCUT2D eigenvalue weighted by Gasteiger charge is -2.47. The Morgan fingerprint density at radius 1 is 1.24 bits per heavy atom. The molecule has 0 aliphatic carbocycles. The van der Waals surface area contributed by atoms with Gasteiger partial charge in [0.25, 0.3) is 5.91 Å². The third-order valence-corrected chi connectivity index (χ3v) is 6.97. The van der Waals surface area contributed by atoms with E-state index in [1.807, 2.05) is 18.7 Å². The molecule has 178 valence electrons. The minimum absolute atomic E-state index is 0.0391. The van der Waals surface area contributed by atoms with Gasteiger partial charge in [0.2, 0.25) is 5.95 Å². The molecule has 0 bridgehead atoms. The number of benzene rings is 1. The average Bonchev–Trinajstić information content (AvgIpc) is 3.08. The standard InChI is InChI=1S/C20H23F3N6O3S/c1-10(2)15-18-26-13-5-4-11(33(3,31)32)8-14(13)28(18)6-7-29(15)19-25-9-12(17(24)30)16(27-19)20(21,22)23/h4-5,8-10,15,18,26H,6-7H2,1-3H3,(H2,24,30). The van der Waals surface area contributed by atoms with Crippen molar-refractivity contribution in [1.82, 2.24) is 9.97 Å². The molecule has 3 heterocycles. The molecule has 9 nitrogen and oxygen atoms in total. The van der Waals surface area contributed by atoms with Crippen LogP contribution in [0, 0.1) is 5.92 Å². The predicted octanol–water partition coefficient (Wildman–Crippen LogP) is 2.10. The molecule has 1 aromatic carbocycles. The Kier molecular flexibility index (Phi) is 5.42. The molecule has 13 heteroatoms. The summed E-state index contributed by atoms with van der Waals surface area (Å²) in [7, 11) is -3.40. The smallest absolute Gasteiger partial charge is 0.365 e. The van der Waals surface area contributed by atoms with Crippen molar-refractivity contribution in [1.29, 1.82) is 0 Å². The summed E-state index contributed by atoms with van der Waals surface area (Å²) >= 11 is 0. The van der Waals surface area contributed by atoms with Gasteiger partial charge in [0, 0.05) is 25.5 Å². The zero-order chi connectivity index (χ0) is 24.3. The number of hydrogen-bond donors (Lipinski definition) is 2. The lowest BCUT2D eigenvalue weighted by Crippen LogP contribution is -2.63. The molecule has 4 rings (SSSR count).